The van der Waals surface area contributed by atoms with Crippen LogP contribution in [0.4, 0.5) is 4.39 Å². The molecule has 0 bridgehead atoms. The van der Waals surface area contributed by atoms with E-state index in [1.165, 1.54) is 6.07 Å². The molecule has 3 rings (SSSR count). The molecule has 0 aliphatic carbocycles. The Morgan fingerprint density at radius 1 is 1.03 bits per heavy atom. The number of hydrogen-bond donors (Lipinski definition) is 0. The van der Waals surface area contributed by atoms with Crippen molar-refractivity contribution in [1.82, 2.24) is 4.90 Å². The van der Waals surface area contributed by atoms with E-state index in [4.69, 9.17) is 9.47 Å². The number of carbonyl (C=O) groups is 2. The van der Waals surface area contributed by atoms with E-state index in [-0.39, 0.29) is 19.0 Å². The second kappa shape index (κ2) is 10.2. The summed E-state index contributed by atoms with van der Waals surface area (Å²) in [6.45, 7) is 6.42. The largest absolute Gasteiger partial charge is 0.466 e. The number of carbonyl (C=O) groups excluding carboxylic acids is 2. The van der Waals surface area contributed by atoms with Crippen LogP contribution in [0, 0.1) is 18.7 Å². The van der Waals surface area contributed by atoms with Crippen molar-refractivity contribution in [3.8, 4) is 0 Å². The molecule has 31 heavy (non-hydrogen) atoms. The van der Waals surface area contributed by atoms with Crippen LogP contribution in [0.2, 0.25) is 0 Å². The second-order valence-corrected chi connectivity index (χ2v) is 7.51. The highest BCUT2D eigenvalue weighted by Gasteiger charge is 2.42. The van der Waals surface area contributed by atoms with Gasteiger partial charge in [0.15, 0.2) is 0 Å². The fourth-order valence-corrected chi connectivity index (χ4v) is 4.03. The normalized spacial score (nSPS) is 18.3. The first-order valence-electron chi connectivity index (χ1n) is 10.5. The molecule has 2 atom stereocenters. The predicted molar refractivity (Wildman–Crippen MR) is 116 cm³/mol. The van der Waals surface area contributed by atoms with Crippen molar-refractivity contribution in [2.24, 2.45) is 5.92 Å². The molecule has 1 aliphatic heterocycles. The summed E-state index contributed by atoms with van der Waals surface area (Å²) >= 11 is 0. The Morgan fingerprint density at radius 2 is 1.74 bits per heavy atom. The number of ether oxygens (including phenoxy) is 2. The SMILES string of the molecule is CCOC(=O)C1=CN(Cc2ccccc2)C[C@@H](C(=O)OCC)[C@@H]1c1cccc(F)c1C. The molecular formula is C25H28FNO4. The molecule has 0 N–H and O–H groups in total. The molecule has 0 saturated carbocycles. The lowest BCUT2D eigenvalue weighted by Crippen LogP contribution is -2.41. The Balaban J connectivity index is 2.10. The molecule has 5 nitrogen and oxygen atoms in total. The van der Waals surface area contributed by atoms with Crippen molar-refractivity contribution in [2.75, 3.05) is 19.8 Å². The monoisotopic (exact) mass is 425 g/mol. The molecule has 2 aromatic carbocycles. The van der Waals surface area contributed by atoms with Gasteiger partial charge in [-0.1, -0.05) is 42.5 Å². The van der Waals surface area contributed by atoms with Crippen LogP contribution in [0.1, 0.15) is 36.5 Å². The summed E-state index contributed by atoms with van der Waals surface area (Å²) in [5.74, 6) is -2.63. The minimum absolute atomic E-state index is 0.202. The molecule has 0 unspecified atom stereocenters. The number of halogens is 1. The molecule has 0 amide bonds. The summed E-state index contributed by atoms with van der Waals surface area (Å²) in [6.07, 6.45) is 1.75. The summed E-state index contributed by atoms with van der Waals surface area (Å²) in [4.78, 5) is 27.8. The summed E-state index contributed by atoms with van der Waals surface area (Å²) in [6, 6.07) is 14.5. The average molecular weight is 426 g/mol. The Kier molecular flexibility index (Phi) is 7.45. The molecule has 1 aliphatic rings. The van der Waals surface area contributed by atoms with Gasteiger partial charge in [-0.3, -0.25) is 4.79 Å². The van der Waals surface area contributed by atoms with Gasteiger partial charge in [0.1, 0.15) is 5.82 Å². The van der Waals surface area contributed by atoms with Gasteiger partial charge in [-0.05, 0) is 43.5 Å². The van der Waals surface area contributed by atoms with E-state index in [1.807, 2.05) is 35.2 Å². The van der Waals surface area contributed by atoms with Crippen LogP contribution >= 0.6 is 0 Å². The molecule has 0 spiro atoms. The second-order valence-electron chi connectivity index (χ2n) is 7.51. The lowest BCUT2D eigenvalue weighted by atomic mass is 9.76. The van der Waals surface area contributed by atoms with E-state index in [9.17, 15) is 14.0 Å². The van der Waals surface area contributed by atoms with Crippen molar-refractivity contribution >= 4 is 11.9 Å². The van der Waals surface area contributed by atoms with Gasteiger partial charge < -0.3 is 14.4 Å². The van der Waals surface area contributed by atoms with Gasteiger partial charge >= 0.3 is 11.9 Å². The number of rotatable bonds is 7. The van der Waals surface area contributed by atoms with Gasteiger partial charge in [-0.25, -0.2) is 9.18 Å². The van der Waals surface area contributed by atoms with Crippen molar-refractivity contribution < 1.29 is 23.5 Å². The van der Waals surface area contributed by atoms with Crippen LogP contribution in [0.5, 0.6) is 0 Å². The van der Waals surface area contributed by atoms with E-state index in [2.05, 4.69) is 0 Å². The smallest absolute Gasteiger partial charge is 0.336 e. The minimum atomic E-state index is -0.673. The van der Waals surface area contributed by atoms with E-state index >= 15 is 0 Å². The van der Waals surface area contributed by atoms with Crippen molar-refractivity contribution in [3.05, 3.63) is 82.8 Å². The van der Waals surface area contributed by atoms with E-state index in [0.29, 0.717) is 29.8 Å². The quantitative estimate of drug-likeness (QED) is 0.617. The summed E-state index contributed by atoms with van der Waals surface area (Å²) in [5, 5.41) is 0. The highest BCUT2D eigenvalue weighted by molar-refractivity contribution is 5.92. The maximum Gasteiger partial charge on any atom is 0.336 e. The first-order valence-corrected chi connectivity index (χ1v) is 10.5. The fraction of sp³-hybridized carbons (Fsp3) is 0.360. The first kappa shape index (κ1) is 22.5. The zero-order valence-electron chi connectivity index (χ0n) is 18.1. The van der Waals surface area contributed by atoms with Crippen molar-refractivity contribution in [1.29, 1.82) is 0 Å². The van der Waals surface area contributed by atoms with Gasteiger partial charge in [0.05, 0.1) is 24.7 Å². The third-order valence-electron chi connectivity index (χ3n) is 5.46. The van der Waals surface area contributed by atoms with Crippen LogP contribution in [0.3, 0.4) is 0 Å². The van der Waals surface area contributed by atoms with E-state index in [1.54, 1.807) is 39.1 Å². The summed E-state index contributed by atoms with van der Waals surface area (Å²) in [5.41, 5.74) is 2.38. The molecular weight excluding hydrogens is 397 g/mol. The molecule has 1 heterocycles. The number of benzene rings is 2. The minimum Gasteiger partial charge on any atom is -0.466 e. The molecule has 0 saturated heterocycles. The molecule has 2 aromatic rings. The van der Waals surface area contributed by atoms with Crippen molar-refractivity contribution in [2.45, 2.75) is 33.2 Å². The topological polar surface area (TPSA) is 55.8 Å². The van der Waals surface area contributed by atoms with Gasteiger partial charge in [0, 0.05) is 25.2 Å². The summed E-state index contributed by atoms with van der Waals surface area (Å²) < 4.78 is 25.0. The average Bonchev–Trinajstić information content (AvgIpc) is 2.76. The summed E-state index contributed by atoms with van der Waals surface area (Å²) in [7, 11) is 0. The van der Waals surface area contributed by atoms with Gasteiger partial charge in [-0.15, -0.1) is 0 Å². The van der Waals surface area contributed by atoms with E-state index in [0.717, 1.165) is 5.56 Å². The third kappa shape index (κ3) is 5.13. The number of hydrogen-bond acceptors (Lipinski definition) is 5. The Bertz CT molecular complexity index is 957. The zero-order valence-corrected chi connectivity index (χ0v) is 18.1. The maximum atomic E-state index is 14.4. The van der Waals surface area contributed by atoms with Crippen LogP contribution in [0.15, 0.2) is 60.3 Å². The maximum absolute atomic E-state index is 14.4. The molecule has 6 heteroatoms. The molecule has 0 fully saturated rings. The van der Waals surface area contributed by atoms with Crippen LogP contribution in [-0.2, 0) is 25.6 Å². The van der Waals surface area contributed by atoms with Crippen LogP contribution in [-0.4, -0.2) is 36.6 Å². The Hall–Kier alpha value is -3.15. The van der Waals surface area contributed by atoms with Crippen molar-refractivity contribution in [3.63, 3.8) is 0 Å². The standard InChI is InChI=1S/C25H28FNO4/c1-4-30-24(28)20-15-27(14-18-10-7-6-8-11-18)16-21(25(29)31-5-2)23(20)19-12-9-13-22(26)17(19)3/h6-13,15,21,23H,4-5,14,16H2,1-3H3/t21-,23-/m1/s1. The zero-order chi connectivity index (χ0) is 22.4. The number of esters is 2. The van der Waals surface area contributed by atoms with Gasteiger partial charge in [0.2, 0.25) is 0 Å². The molecule has 164 valence electrons. The highest BCUT2D eigenvalue weighted by Crippen LogP contribution is 2.40. The third-order valence-corrected chi connectivity index (χ3v) is 5.46. The lowest BCUT2D eigenvalue weighted by Gasteiger charge is -2.37. The lowest BCUT2D eigenvalue weighted by molar-refractivity contribution is -0.150. The predicted octanol–water partition coefficient (Wildman–Crippen LogP) is 4.36. The Morgan fingerprint density at radius 3 is 2.42 bits per heavy atom. The van der Waals surface area contributed by atoms with Crippen LogP contribution < -0.4 is 0 Å². The van der Waals surface area contributed by atoms with Crippen LogP contribution in [0.25, 0.3) is 0 Å². The van der Waals surface area contributed by atoms with E-state index < -0.39 is 23.8 Å². The molecule has 0 aromatic heterocycles. The van der Waals surface area contributed by atoms with Gasteiger partial charge in [0.25, 0.3) is 0 Å². The molecule has 0 radical (unpaired) electrons. The fourth-order valence-electron chi connectivity index (χ4n) is 4.03. The number of nitrogens with zero attached hydrogens (tertiary/aromatic N) is 1. The Labute approximate surface area is 182 Å². The van der Waals surface area contributed by atoms with Gasteiger partial charge in [-0.2, -0.15) is 0 Å². The highest BCUT2D eigenvalue weighted by atomic mass is 19.1. The first-order chi connectivity index (χ1) is 15.0.